The average molecular weight is 477 g/mol. The Labute approximate surface area is 198 Å². The van der Waals surface area contributed by atoms with Crippen LogP contribution in [-0.4, -0.2) is 41.2 Å². The summed E-state index contributed by atoms with van der Waals surface area (Å²) in [6.45, 7) is 2.71. The van der Waals surface area contributed by atoms with Gasteiger partial charge in [0.1, 0.15) is 11.9 Å². The standard InChI is InChI=1S/C25H30ClFN2O4/c1-16(9-11-18-12-10-17-5-2-3-8-21(17)28-18)15-33-14-13-22(25(31)32)29-24(30)23-19(26)6-4-7-20(23)27/h4,6-7,10,12,16,22H,2-3,5,8-9,11,13-15H2,1H3,(H,29,30)(H,31,32)/t16-,22+/m0/s1. The number of aryl methyl sites for hydroxylation is 3. The first-order chi connectivity index (χ1) is 15.8. The summed E-state index contributed by atoms with van der Waals surface area (Å²) in [5.74, 6) is -2.61. The highest BCUT2D eigenvalue weighted by molar-refractivity contribution is 6.33. The number of aromatic nitrogens is 1. The van der Waals surface area contributed by atoms with Crippen molar-refractivity contribution in [3.63, 3.8) is 0 Å². The van der Waals surface area contributed by atoms with Crippen molar-refractivity contribution in [2.24, 2.45) is 5.92 Å². The second-order valence-electron chi connectivity index (χ2n) is 8.58. The van der Waals surface area contributed by atoms with E-state index >= 15 is 0 Å². The molecule has 0 saturated heterocycles. The Morgan fingerprint density at radius 2 is 2.00 bits per heavy atom. The molecule has 0 saturated carbocycles. The molecule has 33 heavy (non-hydrogen) atoms. The van der Waals surface area contributed by atoms with Gasteiger partial charge in [0.25, 0.3) is 5.91 Å². The summed E-state index contributed by atoms with van der Waals surface area (Å²) < 4.78 is 19.6. The predicted molar refractivity (Wildman–Crippen MR) is 124 cm³/mol. The number of fused-ring (bicyclic) bond motifs is 1. The van der Waals surface area contributed by atoms with E-state index in [1.54, 1.807) is 0 Å². The summed E-state index contributed by atoms with van der Waals surface area (Å²) in [4.78, 5) is 28.6. The zero-order chi connectivity index (χ0) is 23.8. The number of aliphatic carboxylic acids is 1. The maximum atomic E-state index is 13.9. The first kappa shape index (κ1) is 25.1. The number of carboxylic acid groups (broad SMARTS) is 1. The number of carbonyl (C=O) groups excluding carboxylic acids is 1. The zero-order valence-corrected chi connectivity index (χ0v) is 19.5. The topological polar surface area (TPSA) is 88.5 Å². The van der Waals surface area contributed by atoms with Crippen LogP contribution in [0.2, 0.25) is 5.02 Å². The first-order valence-corrected chi connectivity index (χ1v) is 11.8. The fraction of sp³-hybridized carbons (Fsp3) is 0.480. The van der Waals surface area contributed by atoms with E-state index in [4.69, 9.17) is 21.3 Å². The van der Waals surface area contributed by atoms with E-state index in [9.17, 15) is 19.1 Å². The van der Waals surface area contributed by atoms with E-state index < -0.39 is 23.7 Å². The van der Waals surface area contributed by atoms with E-state index in [0.717, 1.165) is 37.4 Å². The molecular formula is C25H30ClFN2O4. The van der Waals surface area contributed by atoms with E-state index in [1.807, 2.05) is 0 Å². The molecule has 2 N–H and O–H groups in total. The Morgan fingerprint density at radius 1 is 1.21 bits per heavy atom. The molecule has 1 aliphatic carbocycles. The van der Waals surface area contributed by atoms with Crippen molar-refractivity contribution in [2.75, 3.05) is 13.2 Å². The molecular weight excluding hydrogens is 447 g/mol. The number of hydrogen-bond donors (Lipinski definition) is 2. The Bertz CT molecular complexity index is 965. The number of nitrogens with zero attached hydrogens (tertiary/aromatic N) is 1. The lowest BCUT2D eigenvalue weighted by Crippen LogP contribution is -2.42. The Hall–Kier alpha value is -2.51. The van der Waals surface area contributed by atoms with Crippen LogP contribution in [0.1, 0.15) is 59.9 Å². The quantitative estimate of drug-likeness (QED) is 0.462. The van der Waals surface area contributed by atoms with Crippen LogP contribution in [0.15, 0.2) is 30.3 Å². The Kier molecular flexibility index (Phi) is 9.21. The van der Waals surface area contributed by atoms with Gasteiger partial charge in [-0.25, -0.2) is 9.18 Å². The highest BCUT2D eigenvalue weighted by Gasteiger charge is 2.24. The smallest absolute Gasteiger partial charge is 0.326 e. The molecule has 1 aliphatic rings. The van der Waals surface area contributed by atoms with Crippen molar-refractivity contribution < 1.29 is 23.8 Å². The number of pyridine rings is 1. The van der Waals surface area contributed by atoms with Gasteiger partial charge in [-0.1, -0.05) is 30.7 Å². The van der Waals surface area contributed by atoms with Crippen molar-refractivity contribution >= 4 is 23.5 Å². The number of halogens is 2. The van der Waals surface area contributed by atoms with Gasteiger partial charge >= 0.3 is 5.97 Å². The molecule has 1 aromatic heterocycles. The molecule has 3 rings (SSSR count). The minimum Gasteiger partial charge on any atom is -0.480 e. The van der Waals surface area contributed by atoms with Crippen LogP contribution >= 0.6 is 11.6 Å². The minimum absolute atomic E-state index is 0.0617. The summed E-state index contributed by atoms with van der Waals surface area (Å²) in [5.41, 5.74) is 3.35. The van der Waals surface area contributed by atoms with Gasteiger partial charge in [-0.15, -0.1) is 0 Å². The number of nitrogens with one attached hydrogen (secondary N) is 1. The largest absolute Gasteiger partial charge is 0.480 e. The lowest BCUT2D eigenvalue weighted by molar-refractivity contribution is -0.139. The van der Waals surface area contributed by atoms with Crippen LogP contribution in [0, 0.1) is 11.7 Å². The van der Waals surface area contributed by atoms with Gasteiger partial charge in [0.15, 0.2) is 0 Å². The molecule has 1 amide bonds. The fourth-order valence-electron chi connectivity index (χ4n) is 3.93. The summed E-state index contributed by atoms with van der Waals surface area (Å²) in [6.07, 6.45) is 6.48. The van der Waals surface area contributed by atoms with Crippen molar-refractivity contribution in [1.29, 1.82) is 0 Å². The van der Waals surface area contributed by atoms with Gasteiger partial charge in [-0.2, -0.15) is 0 Å². The van der Waals surface area contributed by atoms with Crippen molar-refractivity contribution in [3.8, 4) is 0 Å². The predicted octanol–water partition coefficient (Wildman–Crippen LogP) is 4.61. The first-order valence-electron chi connectivity index (χ1n) is 11.4. The number of hydrogen-bond acceptors (Lipinski definition) is 4. The van der Waals surface area contributed by atoms with Crippen LogP contribution in [0.25, 0.3) is 0 Å². The van der Waals surface area contributed by atoms with Gasteiger partial charge in [0, 0.05) is 31.0 Å². The number of carboxylic acids is 1. The molecule has 2 aromatic rings. The molecule has 0 fully saturated rings. The summed E-state index contributed by atoms with van der Waals surface area (Å²) in [7, 11) is 0. The van der Waals surface area contributed by atoms with E-state index in [1.165, 1.54) is 36.2 Å². The van der Waals surface area contributed by atoms with Gasteiger partial charge in [-0.05, 0) is 68.2 Å². The van der Waals surface area contributed by atoms with Crippen LogP contribution < -0.4 is 5.32 Å². The Balaban J connectivity index is 1.40. The molecule has 0 bridgehead atoms. The van der Waals surface area contributed by atoms with Crippen molar-refractivity contribution in [2.45, 2.75) is 57.9 Å². The van der Waals surface area contributed by atoms with Crippen LogP contribution in [-0.2, 0) is 28.8 Å². The lowest BCUT2D eigenvalue weighted by Gasteiger charge is -2.17. The summed E-state index contributed by atoms with van der Waals surface area (Å²) in [6, 6.07) is 6.95. The minimum atomic E-state index is -1.22. The van der Waals surface area contributed by atoms with E-state index in [-0.39, 0.29) is 29.5 Å². The van der Waals surface area contributed by atoms with Crippen molar-refractivity contribution in [1.82, 2.24) is 10.3 Å². The van der Waals surface area contributed by atoms with Gasteiger partial charge in [-0.3, -0.25) is 9.78 Å². The molecule has 1 aromatic carbocycles. The number of amides is 1. The molecule has 0 aliphatic heterocycles. The highest BCUT2D eigenvalue weighted by Crippen LogP contribution is 2.21. The van der Waals surface area contributed by atoms with E-state index in [0.29, 0.717) is 6.61 Å². The average Bonchev–Trinajstić information content (AvgIpc) is 2.79. The Morgan fingerprint density at radius 3 is 2.76 bits per heavy atom. The highest BCUT2D eigenvalue weighted by atomic mass is 35.5. The second kappa shape index (κ2) is 12.1. The summed E-state index contributed by atoms with van der Waals surface area (Å²) in [5, 5.41) is 11.7. The van der Waals surface area contributed by atoms with Crippen LogP contribution in [0.5, 0.6) is 0 Å². The van der Waals surface area contributed by atoms with Gasteiger partial charge in [0.05, 0.1) is 10.6 Å². The van der Waals surface area contributed by atoms with Gasteiger partial charge in [0.2, 0.25) is 0 Å². The number of ether oxygens (including phenoxy) is 1. The molecule has 0 radical (unpaired) electrons. The third kappa shape index (κ3) is 7.24. The SMILES string of the molecule is C[C@@H](CCc1ccc2c(n1)CCCC2)COCC[C@@H](NC(=O)c1c(F)cccc1Cl)C(=O)O. The molecule has 1 heterocycles. The molecule has 0 spiro atoms. The molecule has 0 unspecified atom stereocenters. The monoisotopic (exact) mass is 476 g/mol. The third-order valence-electron chi connectivity index (χ3n) is 5.88. The number of benzene rings is 1. The summed E-state index contributed by atoms with van der Waals surface area (Å²) >= 11 is 5.88. The second-order valence-corrected chi connectivity index (χ2v) is 8.99. The molecule has 178 valence electrons. The molecule has 6 nitrogen and oxygen atoms in total. The third-order valence-corrected chi connectivity index (χ3v) is 6.19. The maximum Gasteiger partial charge on any atom is 0.326 e. The zero-order valence-electron chi connectivity index (χ0n) is 18.8. The number of rotatable bonds is 11. The van der Waals surface area contributed by atoms with Crippen LogP contribution in [0.4, 0.5) is 4.39 Å². The van der Waals surface area contributed by atoms with E-state index in [2.05, 4.69) is 24.4 Å². The lowest BCUT2D eigenvalue weighted by atomic mass is 9.95. The molecule has 8 heteroatoms. The fourth-order valence-corrected chi connectivity index (χ4v) is 4.18. The van der Waals surface area contributed by atoms with Gasteiger partial charge < -0.3 is 15.2 Å². The maximum absolute atomic E-state index is 13.9. The normalized spacial score (nSPS) is 14.9. The van der Waals surface area contributed by atoms with Crippen molar-refractivity contribution in [3.05, 3.63) is 63.7 Å². The molecule has 2 atom stereocenters. The van der Waals surface area contributed by atoms with Crippen LogP contribution in [0.3, 0.4) is 0 Å². The number of carbonyl (C=O) groups is 2.